The fourth-order valence-corrected chi connectivity index (χ4v) is 3.54. The van der Waals surface area contributed by atoms with Gasteiger partial charge in [-0.1, -0.05) is 39.8 Å². The van der Waals surface area contributed by atoms with Crippen LogP contribution in [-0.4, -0.2) is 44.9 Å². The van der Waals surface area contributed by atoms with Crippen molar-refractivity contribution in [2.45, 2.75) is 5.16 Å². The quantitative estimate of drug-likeness (QED) is 0.309. The Balaban J connectivity index is 1.56. The Morgan fingerprint density at radius 2 is 2.17 bits per heavy atom. The number of rotatable bonds is 7. The number of phenolic OH excluding ortho intramolecular Hbond substituents is 1. The minimum atomic E-state index is -0.274. The largest absolute Gasteiger partial charge is 0.504 e. The lowest BCUT2D eigenvalue weighted by Gasteiger charge is -2.04. The van der Waals surface area contributed by atoms with Crippen molar-refractivity contribution in [2.75, 3.05) is 12.9 Å². The zero-order chi connectivity index (χ0) is 20.8. The molecule has 10 heteroatoms. The van der Waals surface area contributed by atoms with Gasteiger partial charge in [-0.3, -0.25) is 4.79 Å². The van der Waals surface area contributed by atoms with Crippen molar-refractivity contribution >= 4 is 39.8 Å². The van der Waals surface area contributed by atoms with E-state index < -0.39 is 0 Å². The first kappa shape index (κ1) is 20.9. The van der Waals surface area contributed by atoms with Crippen LogP contribution >= 0.6 is 27.7 Å². The number of methoxy groups -OCH3 is 1. The van der Waals surface area contributed by atoms with Gasteiger partial charge in [-0.15, -0.1) is 10.2 Å². The van der Waals surface area contributed by atoms with Gasteiger partial charge in [0.15, 0.2) is 22.5 Å². The minimum Gasteiger partial charge on any atom is -0.504 e. The predicted octanol–water partition coefficient (Wildman–Crippen LogP) is 3.20. The molecule has 0 aliphatic rings. The summed E-state index contributed by atoms with van der Waals surface area (Å²) in [5.74, 6) is 0.952. The lowest BCUT2D eigenvalue weighted by Crippen LogP contribution is -2.19. The number of benzene rings is 2. The van der Waals surface area contributed by atoms with Gasteiger partial charge in [-0.05, 0) is 35.9 Å². The summed E-state index contributed by atoms with van der Waals surface area (Å²) in [6, 6.07) is 12.5. The SMILES string of the molecule is COc1cc(/C=N\NC(=O)CSc2nnc(-c3cccc(Br)c3)n2C)ccc1O. The predicted molar refractivity (Wildman–Crippen MR) is 115 cm³/mol. The van der Waals surface area contributed by atoms with E-state index in [1.54, 1.807) is 12.1 Å². The van der Waals surface area contributed by atoms with Gasteiger partial charge in [-0.2, -0.15) is 5.10 Å². The number of hydrazone groups is 1. The third-order valence-corrected chi connectivity index (χ3v) is 5.37. The Kier molecular flexibility index (Phi) is 6.89. The van der Waals surface area contributed by atoms with Gasteiger partial charge >= 0.3 is 0 Å². The number of nitrogens with zero attached hydrogens (tertiary/aromatic N) is 4. The second kappa shape index (κ2) is 9.57. The smallest absolute Gasteiger partial charge is 0.250 e. The van der Waals surface area contributed by atoms with Gasteiger partial charge < -0.3 is 14.4 Å². The van der Waals surface area contributed by atoms with Crippen LogP contribution in [0.25, 0.3) is 11.4 Å². The summed E-state index contributed by atoms with van der Waals surface area (Å²) in [6.45, 7) is 0. The number of carbonyl (C=O) groups is 1. The Hall–Kier alpha value is -2.85. The Labute approximate surface area is 180 Å². The maximum Gasteiger partial charge on any atom is 0.250 e. The molecule has 0 spiro atoms. The molecule has 150 valence electrons. The summed E-state index contributed by atoms with van der Waals surface area (Å²) < 4.78 is 7.83. The van der Waals surface area contributed by atoms with E-state index in [0.29, 0.717) is 22.3 Å². The number of nitrogens with one attached hydrogen (secondary N) is 1. The molecule has 0 aliphatic carbocycles. The normalized spacial score (nSPS) is 11.0. The van der Waals surface area contributed by atoms with Crippen LogP contribution in [0.4, 0.5) is 0 Å². The van der Waals surface area contributed by atoms with E-state index in [1.165, 1.54) is 31.2 Å². The van der Waals surface area contributed by atoms with Gasteiger partial charge in [0, 0.05) is 17.1 Å². The van der Waals surface area contributed by atoms with E-state index in [1.807, 2.05) is 35.9 Å². The average Bonchev–Trinajstić information content (AvgIpc) is 3.08. The molecule has 0 saturated carbocycles. The lowest BCUT2D eigenvalue weighted by atomic mass is 10.2. The number of carbonyl (C=O) groups excluding carboxylic acids is 1. The van der Waals surface area contributed by atoms with Crippen molar-refractivity contribution < 1.29 is 14.6 Å². The van der Waals surface area contributed by atoms with Crippen LogP contribution in [0.1, 0.15) is 5.56 Å². The van der Waals surface area contributed by atoms with Crippen LogP contribution < -0.4 is 10.2 Å². The molecule has 3 aromatic rings. The van der Waals surface area contributed by atoms with Crippen molar-refractivity contribution in [2.24, 2.45) is 12.1 Å². The summed E-state index contributed by atoms with van der Waals surface area (Å²) in [5, 5.41) is 22.5. The summed E-state index contributed by atoms with van der Waals surface area (Å²) >= 11 is 4.71. The third kappa shape index (κ3) is 5.36. The first-order chi connectivity index (χ1) is 14.0. The molecule has 0 unspecified atom stereocenters. The molecule has 0 saturated heterocycles. The van der Waals surface area contributed by atoms with Crippen LogP contribution in [0.5, 0.6) is 11.5 Å². The number of aromatic hydroxyl groups is 1. The van der Waals surface area contributed by atoms with E-state index >= 15 is 0 Å². The van der Waals surface area contributed by atoms with Crippen molar-refractivity contribution in [3.8, 4) is 22.9 Å². The van der Waals surface area contributed by atoms with Gasteiger partial charge in [0.05, 0.1) is 19.1 Å². The number of halogens is 1. The van der Waals surface area contributed by atoms with Crippen LogP contribution in [0.15, 0.2) is 57.2 Å². The Morgan fingerprint density at radius 1 is 1.34 bits per heavy atom. The molecule has 2 aromatic carbocycles. The monoisotopic (exact) mass is 475 g/mol. The summed E-state index contributed by atoms with van der Waals surface area (Å²) in [4.78, 5) is 12.0. The van der Waals surface area contributed by atoms with Crippen LogP contribution in [-0.2, 0) is 11.8 Å². The van der Waals surface area contributed by atoms with E-state index in [0.717, 1.165) is 10.0 Å². The van der Waals surface area contributed by atoms with Crippen molar-refractivity contribution in [3.05, 3.63) is 52.5 Å². The van der Waals surface area contributed by atoms with Gasteiger partial charge in [-0.25, -0.2) is 5.43 Å². The number of aromatic nitrogens is 3. The molecular weight excluding hydrogens is 458 g/mol. The maximum absolute atomic E-state index is 12.0. The highest BCUT2D eigenvalue weighted by Crippen LogP contribution is 2.26. The zero-order valence-electron chi connectivity index (χ0n) is 15.7. The van der Waals surface area contributed by atoms with E-state index in [2.05, 4.69) is 36.7 Å². The van der Waals surface area contributed by atoms with Gasteiger partial charge in [0.25, 0.3) is 5.91 Å². The van der Waals surface area contributed by atoms with E-state index in [-0.39, 0.29) is 17.4 Å². The van der Waals surface area contributed by atoms with Crippen LogP contribution in [0.3, 0.4) is 0 Å². The van der Waals surface area contributed by atoms with Crippen molar-refractivity contribution in [1.29, 1.82) is 0 Å². The zero-order valence-corrected chi connectivity index (χ0v) is 18.1. The fourth-order valence-electron chi connectivity index (χ4n) is 2.44. The van der Waals surface area contributed by atoms with E-state index in [9.17, 15) is 9.90 Å². The second-order valence-corrected chi connectivity index (χ2v) is 7.75. The molecule has 29 heavy (non-hydrogen) atoms. The first-order valence-electron chi connectivity index (χ1n) is 8.45. The molecule has 8 nitrogen and oxygen atoms in total. The molecule has 0 atom stereocenters. The standard InChI is InChI=1S/C19H18BrN5O3S/c1-25-18(13-4-3-5-14(20)9-13)23-24-19(25)29-11-17(27)22-21-10-12-6-7-15(26)16(8-12)28-2/h3-10,26H,11H2,1-2H3,(H,22,27)/b21-10-. The second-order valence-electron chi connectivity index (χ2n) is 5.89. The van der Waals surface area contributed by atoms with Gasteiger partial charge in [0.2, 0.25) is 0 Å². The highest BCUT2D eigenvalue weighted by Gasteiger charge is 2.13. The fraction of sp³-hybridized carbons (Fsp3) is 0.158. The number of amides is 1. The van der Waals surface area contributed by atoms with Crippen molar-refractivity contribution in [3.63, 3.8) is 0 Å². The molecule has 0 bridgehead atoms. The maximum atomic E-state index is 12.0. The average molecular weight is 476 g/mol. The topological polar surface area (TPSA) is 102 Å². The number of phenols is 1. The van der Waals surface area contributed by atoms with E-state index in [4.69, 9.17) is 4.74 Å². The molecule has 0 radical (unpaired) electrons. The molecule has 0 fully saturated rings. The molecule has 1 aromatic heterocycles. The number of hydrogen-bond donors (Lipinski definition) is 2. The Bertz CT molecular complexity index is 1050. The third-order valence-electron chi connectivity index (χ3n) is 3.86. The molecule has 0 aliphatic heterocycles. The summed E-state index contributed by atoms with van der Waals surface area (Å²) in [7, 11) is 3.32. The summed E-state index contributed by atoms with van der Waals surface area (Å²) in [6.07, 6.45) is 1.47. The highest BCUT2D eigenvalue weighted by atomic mass is 79.9. The number of hydrogen-bond acceptors (Lipinski definition) is 7. The number of thioether (sulfide) groups is 1. The first-order valence-corrected chi connectivity index (χ1v) is 10.2. The molecular formula is C19H18BrN5O3S. The minimum absolute atomic E-state index is 0.0380. The summed E-state index contributed by atoms with van der Waals surface area (Å²) in [5.41, 5.74) is 4.07. The molecule has 3 rings (SSSR count). The highest BCUT2D eigenvalue weighted by molar-refractivity contribution is 9.10. The van der Waals surface area contributed by atoms with Crippen LogP contribution in [0, 0.1) is 0 Å². The Morgan fingerprint density at radius 3 is 2.93 bits per heavy atom. The van der Waals surface area contributed by atoms with Gasteiger partial charge in [0.1, 0.15) is 0 Å². The lowest BCUT2D eigenvalue weighted by molar-refractivity contribution is -0.118. The molecule has 1 amide bonds. The van der Waals surface area contributed by atoms with Crippen molar-refractivity contribution in [1.82, 2.24) is 20.2 Å². The molecule has 2 N–H and O–H groups in total. The molecule has 1 heterocycles. The number of ether oxygens (including phenoxy) is 1. The van der Waals surface area contributed by atoms with Crippen LogP contribution in [0.2, 0.25) is 0 Å².